The third-order valence-electron chi connectivity index (χ3n) is 4.06. The number of halogens is 1. The van der Waals surface area contributed by atoms with Crippen molar-refractivity contribution in [1.82, 2.24) is 0 Å². The highest BCUT2D eigenvalue weighted by Gasteiger charge is 2.12. The van der Waals surface area contributed by atoms with E-state index in [9.17, 15) is 4.79 Å². The van der Waals surface area contributed by atoms with Gasteiger partial charge in [-0.1, -0.05) is 23.7 Å². The molecule has 0 amide bonds. The number of nitrogens with one attached hydrogen (secondary N) is 1. The van der Waals surface area contributed by atoms with Crippen LogP contribution in [0.5, 0.6) is 0 Å². The Labute approximate surface area is 152 Å². The second-order valence-corrected chi connectivity index (χ2v) is 6.50. The van der Waals surface area contributed by atoms with Crippen LogP contribution in [0.25, 0.3) is 0 Å². The fourth-order valence-electron chi connectivity index (χ4n) is 2.62. The Kier molecular flexibility index (Phi) is 4.77. The van der Waals surface area contributed by atoms with Crippen molar-refractivity contribution in [1.29, 1.82) is 0 Å². The maximum absolute atomic E-state index is 12.7. The van der Waals surface area contributed by atoms with Crippen molar-refractivity contribution < 1.29 is 4.79 Å². The minimum absolute atomic E-state index is 0.0373. The van der Waals surface area contributed by atoms with Crippen molar-refractivity contribution >= 4 is 34.4 Å². The van der Waals surface area contributed by atoms with Gasteiger partial charge >= 0.3 is 0 Å². The van der Waals surface area contributed by atoms with E-state index >= 15 is 0 Å². The van der Waals surface area contributed by atoms with Gasteiger partial charge in [0, 0.05) is 22.5 Å². The average Bonchev–Trinajstić information content (AvgIpc) is 2.59. The molecule has 0 aliphatic rings. The molecule has 0 atom stereocenters. The zero-order valence-electron chi connectivity index (χ0n) is 14.1. The number of carbonyl (C=O) groups excluding carboxylic acids is 1. The van der Waals surface area contributed by atoms with Crippen molar-refractivity contribution in [3.63, 3.8) is 0 Å². The molecule has 0 unspecified atom stereocenters. The molecule has 3 aromatic carbocycles. The quantitative estimate of drug-likeness (QED) is 0.481. The molecule has 4 heteroatoms. The van der Waals surface area contributed by atoms with Crippen LogP contribution < -0.4 is 11.1 Å². The first-order chi connectivity index (χ1) is 11.9. The van der Waals surface area contributed by atoms with Gasteiger partial charge in [-0.15, -0.1) is 0 Å². The first-order valence-electron chi connectivity index (χ1n) is 7.98. The van der Waals surface area contributed by atoms with E-state index in [2.05, 4.69) is 5.32 Å². The van der Waals surface area contributed by atoms with Crippen LogP contribution in [-0.4, -0.2) is 5.78 Å². The van der Waals surface area contributed by atoms with E-state index < -0.39 is 0 Å². The third kappa shape index (κ3) is 3.83. The number of nitrogens with two attached hydrogens (primary N) is 1. The number of carbonyl (C=O) groups is 1. The Morgan fingerprint density at radius 3 is 2.36 bits per heavy atom. The summed E-state index contributed by atoms with van der Waals surface area (Å²) in [5.41, 5.74) is 11.3. The van der Waals surface area contributed by atoms with Crippen LogP contribution in [-0.2, 0) is 0 Å². The second kappa shape index (κ2) is 6.99. The lowest BCUT2D eigenvalue weighted by molar-refractivity contribution is 0.103. The zero-order chi connectivity index (χ0) is 18.0. The number of hydrogen-bond acceptors (Lipinski definition) is 3. The smallest absolute Gasteiger partial charge is 0.193 e. The van der Waals surface area contributed by atoms with Crippen LogP contribution in [0.3, 0.4) is 0 Å². The van der Waals surface area contributed by atoms with Gasteiger partial charge in [-0.2, -0.15) is 0 Å². The summed E-state index contributed by atoms with van der Waals surface area (Å²) in [4.78, 5) is 12.7. The summed E-state index contributed by atoms with van der Waals surface area (Å²) >= 11 is 6.24. The van der Waals surface area contributed by atoms with Crippen molar-refractivity contribution in [3.8, 4) is 0 Å². The fraction of sp³-hybridized carbons (Fsp3) is 0.0952. The molecule has 0 heterocycles. The normalized spacial score (nSPS) is 10.5. The van der Waals surface area contributed by atoms with Gasteiger partial charge in [0.15, 0.2) is 5.78 Å². The third-order valence-corrected chi connectivity index (χ3v) is 4.37. The molecule has 0 saturated carbocycles. The summed E-state index contributed by atoms with van der Waals surface area (Å²) in [7, 11) is 0. The van der Waals surface area contributed by atoms with Crippen molar-refractivity contribution in [2.24, 2.45) is 0 Å². The number of aryl methyl sites for hydroxylation is 2. The van der Waals surface area contributed by atoms with Crippen LogP contribution in [0, 0.1) is 13.8 Å². The Bertz CT molecular complexity index is 933. The number of benzene rings is 3. The molecule has 0 spiro atoms. The first kappa shape index (κ1) is 17.1. The maximum Gasteiger partial charge on any atom is 0.193 e. The fourth-order valence-corrected chi connectivity index (χ4v) is 2.90. The molecule has 3 rings (SSSR count). The minimum atomic E-state index is -0.0373. The first-order valence-corrected chi connectivity index (χ1v) is 8.36. The van der Waals surface area contributed by atoms with Gasteiger partial charge < -0.3 is 11.1 Å². The predicted molar refractivity (Wildman–Crippen MR) is 105 cm³/mol. The number of hydrogen-bond donors (Lipinski definition) is 2. The van der Waals surface area contributed by atoms with Crippen LogP contribution >= 0.6 is 11.6 Å². The van der Waals surface area contributed by atoms with Crippen LogP contribution in [0.2, 0.25) is 5.02 Å². The van der Waals surface area contributed by atoms with E-state index in [-0.39, 0.29) is 5.78 Å². The highest BCUT2D eigenvalue weighted by atomic mass is 35.5. The Balaban J connectivity index is 1.82. The molecule has 3 nitrogen and oxygen atoms in total. The maximum atomic E-state index is 12.7. The zero-order valence-corrected chi connectivity index (χ0v) is 14.9. The number of nitrogen functional groups attached to an aromatic ring is 1. The average molecular weight is 351 g/mol. The lowest BCUT2D eigenvalue weighted by atomic mass is 9.98. The number of ketones is 1. The molecule has 3 N–H and O–H groups in total. The van der Waals surface area contributed by atoms with Gasteiger partial charge in [-0.3, -0.25) is 4.79 Å². The summed E-state index contributed by atoms with van der Waals surface area (Å²) in [5.74, 6) is -0.0373. The lowest BCUT2D eigenvalue weighted by Crippen LogP contribution is -2.05. The summed E-state index contributed by atoms with van der Waals surface area (Å²) in [6, 6.07) is 18.5. The molecule has 0 aliphatic carbocycles. The number of anilines is 3. The number of rotatable bonds is 4. The topological polar surface area (TPSA) is 55.1 Å². The summed E-state index contributed by atoms with van der Waals surface area (Å²) < 4.78 is 0. The van der Waals surface area contributed by atoms with Gasteiger partial charge in [-0.25, -0.2) is 0 Å². The highest BCUT2D eigenvalue weighted by molar-refractivity contribution is 6.33. The molecule has 25 heavy (non-hydrogen) atoms. The van der Waals surface area contributed by atoms with Gasteiger partial charge in [0.1, 0.15) is 0 Å². The van der Waals surface area contributed by atoms with E-state index in [0.717, 1.165) is 22.5 Å². The van der Waals surface area contributed by atoms with Crippen LogP contribution in [0.4, 0.5) is 17.1 Å². The molecule has 0 aromatic heterocycles. The van der Waals surface area contributed by atoms with E-state index in [0.29, 0.717) is 21.8 Å². The monoisotopic (exact) mass is 350 g/mol. The van der Waals surface area contributed by atoms with E-state index in [4.69, 9.17) is 17.3 Å². The molecule has 0 aliphatic heterocycles. The van der Waals surface area contributed by atoms with Gasteiger partial charge in [0.2, 0.25) is 0 Å². The molecule has 0 bridgehead atoms. The van der Waals surface area contributed by atoms with Crippen molar-refractivity contribution in [2.45, 2.75) is 13.8 Å². The van der Waals surface area contributed by atoms with E-state index in [1.165, 1.54) is 0 Å². The van der Waals surface area contributed by atoms with E-state index in [1.807, 2.05) is 50.2 Å². The van der Waals surface area contributed by atoms with Gasteiger partial charge in [0.05, 0.1) is 10.7 Å². The summed E-state index contributed by atoms with van der Waals surface area (Å²) in [6.07, 6.45) is 0. The molecular weight excluding hydrogens is 332 g/mol. The Morgan fingerprint density at radius 1 is 0.960 bits per heavy atom. The molecule has 3 aromatic rings. The lowest BCUT2D eigenvalue weighted by Gasteiger charge is -2.10. The van der Waals surface area contributed by atoms with Gasteiger partial charge in [0.25, 0.3) is 0 Å². The van der Waals surface area contributed by atoms with Crippen molar-refractivity contribution in [3.05, 3.63) is 87.9 Å². The van der Waals surface area contributed by atoms with Crippen LogP contribution in [0.1, 0.15) is 27.0 Å². The van der Waals surface area contributed by atoms with Gasteiger partial charge in [-0.05, 0) is 73.5 Å². The SMILES string of the molecule is Cc1ccc(Nc2ccc(C(=O)c3cc(N)ccc3C)cc2)c(Cl)c1. The molecule has 126 valence electrons. The van der Waals surface area contributed by atoms with Crippen molar-refractivity contribution in [2.75, 3.05) is 11.1 Å². The molecule has 0 radical (unpaired) electrons. The minimum Gasteiger partial charge on any atom is -0.399 e. The molecule has 0 fully saturated rings. The largest absolute Gasteiger partial charge is 0.399 e. The molecule has 0 saturated heterocycles. The summed E-state index contributed by atoms with van der Waals surface area (Å²) in [5, 5.41) is 3.93. The van der Waals surface area contributed by atoms with Crippen LogP contribution in [0.15, 0.2) is 60.7 Å². The highest BCUT2D eigenvalue weighted by Crippen LogP contribution is 2.27. The predicted octanol–water partition coefficient (Wildman–Crippen LogP) is 5.51. The Morgan fingerprint density at radius 2 is 1.68 bits per heavy atom. The molecular formula is C21H19ClN2O. The Hall–Kier alpha value is -2.78. The van der Waals surface area contributed by atoms with E-state index in [1.54, 1.807) is 24.3 Å². The summed E-state index contributed by atoms with van der Waals surface area (Å²) in [6.45, 7) is 3.90. The standard InChI is InChI=1S/C21H19ClN2O/c1-13-3-10-20(19(22)11-13)24-17-8-5-15(6-9-17)21(25)18-12-16(23)7-4-14(18)2/h3-12,24H,23H2,1-2H3. The second-order valence-electron chi connectivity index (χ2n) is 6.09.